The molecule has 1 heterocycles. The smallest absolute Gasteiger partial charge is 0.198 e. The number of halogens is 1. The Balaban J connectivity index is 1.54. The molecule has 4 heteroatoms. The van der Waals surface area contributed by atoms with Gasteiger partial charge in [0.1, 0.15) is 5.60 Å². The lowest BCUT2D eigenvalue weighted by Crippen LogP contribution is -2.46. The normalized spacial score (nSPS) is 21.6. The lowest BCUT2D eigenvalue weighted by molar-refractivity contribution is -0.146. The molecule has 2 aromatic rings. The van der Waals surface area contributed by atoms with Crippen LogP contribution in [0.15, 0.2) is 42.6 Å². The molecule has 1 fully saturated rings. The first-order chi connectivity index (χ1) is 16.0. The average molecular weight is 454 g/mol. The Morgan fingerprint density at radius 3 is 2.33 bits per heavy atom. The number of benzene rings is 1. The van der Waals surface area contributed by atoms with E-state index in [0.717, 1.165) is 24.1 Å². The number of carbonyl (C=O) groups is 1. The van der Waals surface area contributed by atoms with E-state index in [1.54, 1.807) is 0 Å². The summed E-state index contributed by atoms with van der Waals surface area (Å²) in [6.45, 7) is 4.20. The Kier molecular flexibility index (Phi) is 9.61. The Labute approximate surface area is 198 Å². The predicted octanol–water partition coefficient (Wildman–Crippen LogP) is 7.36. The van der Waals surface area contributed by atoms with Gasteiger partial charge in [-0.15, -0.1) is 0 Å². The van der Waals surface area contributed by atoms with Crippen molar-refractivity contribution in [3.8, 4) is 11.3 Å². The maximum Gasteiger partial charge on any atom is 0.198 e. The van der Waals surface area contributed by atoms with Crippen LogP contribution in [0, 0.1) is 0 Å². The zero-order chi connectivity index (χ0) is 23.7. The van der Waals surface area contributed by atoms with E-state index < -0.39 is 17.6 Å². The van der Waals surface area contributed by atoms with Gasteiger partial charge < -0.3 is 5.11 Å². The van der Waals surface area contributed by atoms with Crippen LogP contribution < -0.4 is 0 Å². The third kappa shape index (κ3) is 6.96. The molecule has 1 N–H and O–H groups in total. The third-order valence-electron chi connectivity index (χ3n) is 7.19. The number of ketones is 1. The lowest BCUT2D eigenvalue weighted by atomic mass is 9.73. The topological polar surface area (TPSA) is 50.2 Å². The van der Waals surface area contributed by atoms with Crippen LogP contribution in [-0.4, -0.2) is 27.6 Å². The van der Waals surface area contributed by atoms with Crippen molar-refractivity contribution in [2.24, 2.45) is 0 Å². The molecule has 0 amide bonds. The van der Waals surface area contributed by atoms with Crippen LogP contribution in [0.2, 0.25) is 0 Å². The number of hydrogen-bond donors (Lipinski definition) is 1. The number of hydrogen-bond acceptors (Lipinski definition) is 3. The zero-order valence-corrected chi connectivity index (χ0v) is 20.4. The minimum atomic E-state index is -1.54. The standard InChI is InChI=1S/C29H40FNO2/c1-3-5-7-8-9-22-11-16-27(31-21-22)25-14-12-23(13-15-25)24-17-19-29(33,20-18-24)28(32)26(30)10-6-4-2/h11-16,21,24,26,33H,3-10,17-20H2,1-2H3/t24-,26-,29-/m0/s1. The van der Waals surface area contributed by atoms with Gasteiger partial charge in [0.15, 0.2) is 12.0 Å². The fraction of sp³-hybridized carbons (Fsp3) is 0.586. The molecule has 0 bridgehead atoms. The number of aryl methyl sites for hydroxylation is 1. The van der Waals surface area contributed by atoms with Crippen molar-refractivity contribution in [3.63, 3.8) is 0 Å². The molecule has 1 aromatic heterocycles. The van der Waals surface area contributed by atoms with Crippen molar-refractivity contribution in [2.45, 2.75) is 109 Å². The molecule has 3 rings (SSSR count). The maximum atomic E-state index is 14.2. The van der Waals surface area contributed by atoms with Gasteiger partial charge in [-0.05, 0) is 68.1 Å². The van der Waals surface area contributed by atoms with Gasteiger partial charge in [0.05, 0.1) is 5.69 Å². The number of nitrogens with zero attached hydrogens (tertiary/aromatic N) is 1. The van der Waals surface area contributed by atoms with E-state index in [1.807, 2.05) is 13.1 Å². The molecule has 0 radical (unpaired) electrons. The molecule has 0 saturated heterocycles. The molecular weight excluding hydrogens is 413 g/mol. The van der Waals surface area contributed by atoms with Crippen LogP contribution in [0.4, 0.5) is 4.39 Å². The van der Waals surface area contributed by atoms with Crippen molar-refractivity contribution < 1.29 is 14.3 Å². The van der Waals surface area contributed by atoms with Crippen molar-refractivity contribution >= 4 is 5.78 Å². The molecule has 0 spiro atoms. The molecular formula is C29H40FNO2. The predicted molar refractivity (Wildman–Crippen MR) is 133 cm³/mol. The number of alkyl halides is 1. The van der Waals surface area contributed by atoms with E-state index in [2.05, 4.69) is 48.3 Å². The molecule has 33 heavy (non-hydrogen) atoms. The summed E-state index contributed by atoms with van der Waals surface area (Å²) in [5.41, 5.74) is 3.08. The molecule has 1 saturated carbocycles. The second-order valence-corrected chi connectivity index (χ2v) is 9.76. The van der Waals surface area contributed by atoms with Crippen molar-refractivity contribution in [1.82, 2.24) is 4.98 Å². The number of unbranched alkanes of at least 4 members (excludes halogenated alkanes) is 4. The first-order valence-electron chi connectivity index (χ1n) is 12.9. The molecule has 0 aliphatic heterocycles. The Morgan fingerprint density at radius 2 is 1.73 bits per heavy atom. The summed E-state index contributed by atoms with van der Waals surface area (Å²) in [6, 6.07) is 12.7. The highest BCUT2D eigenvalue weighted by Crippen LogP contribution is 2.40. The number of pyridine rings is 1. The summed E-state index contributed by atoms with van der Waals surface area (Å²) in [7, 11) is 0. The van der Waals surface area contributed by atoms with E-state index >= 15 is 0 Å². The fourth-order valence-corrected chi connectivity index (χ4v) is 4.91. The second kappa shape index (κ2) is 12.4. The fourth-order valence-electron chi connectivity index (χ4n) is 4.91. The highest BCUT2D eigenvalue weighted by Gasteiger charge is 2.43. The SMILES string of the molecule is CCCCCCc1ccc(-c2ccc([C@H]3CC[C@@](O)(C(=O)[C@@H](F)CCCC)CC3)cc2)nc1. The molecule has 1 aliphatic carbocycles. The Bertz CT molecular complexity index is 854. The van der Waals surface area contributed by atoms with Gasteiger partial charge >= 0.3 is 0 Å². The number of carbonyl (C=O) groups excluding carboxylic acids is 1. The Hall–Kier alpha value is -2.07. The number of aliphatic hydroxyl groups is 1. The summed E-state index contributed by atoms with van der Waals surface area (Å²) in [6.07, 6.45) is 10.4. The first kappa shape index (κ1) is 25.6. The van der Waals surface area contributed by atoms with Crippen molar-refractivity contribution in [2.75, 3.05) is 0 Å². The van der Waals surface area contributed by atoms with Crippen molar-refractivity contribution in [1.29, 1.82) is 0 Å². The number of aromatic nitrogens is 1. The molecule has 3 nitrogen and oxygen atoms in total. The van der Waals surface area contributed by atoms with E-state index in [9.17, 15) is 14.3 Å². The minimum Gasteiger partial charge on any atom is -0.382 e. The van der Waals surface area contributed by atoms with Crippen LogP contribution in [0.3, 0.4) is 0 Å². The molecule has 1 atom stereocenters. The second-order valence-electron chi connectivity index (χ2n) is 9.76. The van der Waals surface area contributed by atoms with Crippen molar-refractivity contribution in [3.05, 3.63) is 53.7 Å². The number of rotatable bonds is 12. The van der Waals surface area contributed by atoms with Gasteiger partial charge in [0, 0.05) is 11.8 Å². The van der Waals surface area contributed by atoms with E-state index in [0.29, 0.717) is 38.0 Å². The quantitative estimate of drug-likeness (QED) is 0.342. The molecule has 1 aromatic carbocycles. The van der Waals surface area contributed by atoms with Crippen LogP contribution in [0.5, 0.6) is 0 Å². The van der Waals surface area contributed by atoms with E-state index in [1.165, 1.54) is 36.8 Å². The lowest BCUT2D eigenvalue weighted by Gasteiger charge is -2.35. The molecule has 1 aliphatic rings. The van der Waals surface area contributed by atoms with Gasteiger partial charge in [-0.3, -0.25) is 9.78 Å². The summed E-state index contributed by atoms with van der Waals surface area (Å²) in [4.78, 5) is 17.1. The molecule has 0 unspecified atom stereocenters. The third-order valence-corrected chi connectivity index (χ3v) is 7.19. The highest BCUT2D eigenvalue weighted by atomic mass is 19.1. The van der Waals surface area contributed by atoms with Gasteiger partial charge in [-0.2, -0.15) is 0 Å². The van der Waals surface area contributed by atoms with Crippen LogP contribution >= 0.6 is 0 Å². The zero-order valence-electron chi connectivity index (χ0n) is 20.4. The van der Waals surface area contributed by atoms with E-state index in [-0.39, 0.29) is 6.42 Å². The first-order valence-corrected chi connectivity index (χ1v) is 12.9. The maximum absolute atomic E-state index is 14.2. The Morgan fingerprint density at radius 1 is 1.03 bits per heavy atom. The van der Waals surface area contributed by atoms with Gasteiger partial charge in [0.2, 0.25) is 0 Å². The summed E-state index contributed by atoms with van der Waals surface area (Å²) < 4.78 is 14.2. The minimum absolute atomic E-state index is 0.219. The van der Waals surface area contributed by atoms with E-state index in [4.69, 9.17) is 0 Å². The van der Waals surface area contributed by atoms with Crippen LogP contribution in [-0.2, 0) is 11.2 Å². The highest BCUT2D eigenvalue weighted by molar-refractivity contribution is 5.91. The van der Waals surface area contributed by atoms with Crippen LogP contribution in [0.25, 0.3) is 11.3 Å². The van der Waals surface area contributed by atoms with Gasteiger partial charge in [-0.1, -0.05) is 76.3 Å². The van der Waals surface area contributed by atoms with Gasteiger partial charge in [-0.25, -0.2) is 4.39 Å². The number of Topliss-reactive ketones (excluding diaryl/α,β-unsaturated/α-hetero) is 1. The average Bonchev–Trinajstić information content (AvgIpc) is 2.85. The summed E-state index contributed by atoms with van der Waals surface area (Å²) >= 11 is 0. The molecule has 180 valence electrons. The largest absolute Gasteiger partial charge is 0.382 e. The van der Waals surface area contributed by atoms with Gasteiger partial charge in [0.25, 0.3) is 0 Å². The monoisotopic (exact) mass is 453 g/mol. The van der Waals surface area contributed by atoms with Crippen LogP contribution in [0.1, 0.15) is 102 Å². The summed E-state index contributed by atoms with van der Waals surface area (Å²) in [5.74, 6) is -0.316. The summed E-state index contributed by atoms with van der Waals surface area (Å²) in [5, 5.41) is 10.8.